The maximum Gasteiger partial charge on any atom is 0.407 e. The summed E-state index contributed by atoms with van der Waals surface area (Å²) in [6.07, 6.45) is 7.80. The van der Waals surface area contributed by atoms with Crippen LogP contribution in [0.3, 0.4) is 0 Å². The number of carbonyl (C=O) groups is 4. The molecule has 1 saturated heterocycles. The van der Waals surface area contributed by atoms with Crippen molar-refractivity contribution in [3.05, 3.63) is 108 Å². The molecule has 4 aromatic heterocycles. The first-order valence-corrected chi connectivity index (χ1v) is 21.0. The molecule has 59 heavy (non-hydrogen) atoms. The molecule has 1 fully saturated rings. The van der Waals surface area contributed by atoms with E-state index in [9.17, 15) is 19.2 Å². The number of ether oxygens (including phenoxy) is 2. The Morgan fingerprint density at radius 3 is 2.15 bits per heavy atom. The summed E-state index contributed by atoms with van der Waals surface area (Å²) in [6.45, 7) is 4.78. The number of carbonyl (C=O) groups excluding carboxylic acids is 4. The van der Waals surface area contributed by atoms with E-state index in [1.165, 1.54) is 23.6 Å². The number of hydrogen-bond acceptors (Lipinski definition) is 10. The van der Waals surface area contributed by atoms with Crippen molar-refractivity contribution < 1.29 is 28.7 Å². The molecule has 0 bridgehead atoms. The highest BCUT2D eigenvalue weighted by atomic mass is 32.1. The van der Waals surface area contributed by atoms with Crippen LogP contribution < -0.4 is 10.6 Å². The number of alkyl carbamates (subject to hydrolysis) is 2. The number of likely N-dealkylation sites (tertiary alicyclic amines) is 1. The SMILES string of the molecule is COC(=O)NC(C(=O)N1CC=C[C@H]1c1ncc(-c2ccc(-c3cc4sc(-c5cnc(C6CCCN6C(=O)[C@@H](NC(=O)OC)C(C)C)[nH]5)cc4s3)cc2)[nH]1)c1ccccc1. The van der Waals surface area contributed by atoms with Crippen LogP contribution in [0, 0.1) is 5.92 Å². The number of aromatic nitrogens is 4. The van der Waals surface area contributed by atoms with Crippen LogP contribution in [0.4, 0.5) is 9.59 Å². The zero-order valence-corrected chi connectivity index (χ0v) is 34.6. The molecule has 14 nitrogen and oxygen atoms in total. The number of H-pyrrole nitrogens is 2. The van der Waals surface area contributed by atoms with Crippen LogP contribution in [-0.4, -0.2) is 87.1 Å². The fourth-order valence-electron chi connectivity index (χ4n) is 7.64. The Kier molecular flexibility index (Phi) is 11.3. The van der Waals surface area contributed by atoms with Crippen LogP contribution in [0.25, 0.3) is 41.7 Å². The molecular weight excluding hydrogens is 789 g/mol. The van der Waals surface area contributed by atoms with E-state index in [1.807, 2.05) is 55.3 Å². The third kappa shape index (κ3) is 8.10. The van der Waals surface area contributed by atoms with Crippen molar-refractivity contribution in [3.63, 3.8) is 0 Å². The van der Waals surface area contributed by atoms with Gasteiger partial charge in [0.05, 0.1) is 48.9 Å². The van der Waals surface area contributed by atoms with Gasteiger partial charge >= 0.3 is 12.2 Å². The zero-order chi connectivity index (χ0) is 41.2. The van der Waals surface area contributed by atoms with E-state index >= 15 is 0 Å². The molecule has 4 atom stereocenters. The number of imidazole rings is 2. The van der Waals surface area contributed by atoms with Gasteiger partial charge in [-0.25, -0.2) is 19.6 Å². The molecular formula is C43H44N8O6S2. The topological polar surface area (TPSA) is 175 Å². The van der Waals surface area contributed by atoms with E-state index in [0.29, 0.717) is 24.5 Å². The molecule has 2 aromatic carbocycles. The lowest BCUT2D eigenvalue weighted by atomic mass is 10.0. The number of rotatable bonds is 11. The average molecular weight is 833 g/mol. The van der Waals surface area contributed by atoms with Gasteiger partial charge in [-0.1, -0.05) is 80.6 Å². The van der Waals surface area contributed by atoms with Gasteiger partial charge in [0.2, 0.25) is 5.91 Å². The fourth-order valence-corrected chi connectivity index (χ4v) is 10.0. The van der Waals surface area contributed by atoms with Crippen LogP contribution in [-0.2, 0) is 19.1 Å². The maximum atomic E-state index is 13.9. The van der Waals surface area contributed by atoms with Crippen LogP contribution >= 0.6 is 22.7 Å². The minimum absolute atomic E-state index is 0.104. The Morgan fingerprint density at radius 2 is 1.42 bits per heavy atom. The Bertz CT molecular complexity index is 2470. The highest BCUT2D eigenvalue weighted by Gasteiger charge is 2.38. The van der Waals surface area contributed by atoms with Gasteiger partial charge < -0.3 is 39.9 Å². The third-order valence-electron chi connectivity index (χ3n) is 10.7. The predicted molar refractivity (Wildman–Crippen MR) is 226 cm³/mol. The van der Waals surface area contributed by atoms with Gasteiger partial charge in [-0.05, 0) is 47.6 Å². The van der Waals surface area contributed by atoms with Gasteiger partial charge in [-0.3, -0.25) is 9.59 Å². The second-order valence-electron chi connectivity index (χ2n) is 14.8. The summed E-state index contributed by atoms with van der Waals surface area (Å²) in [6, 6.07) is 19.6. The third-order valence-corrected chi connectivity index (χ3v) is 13.1. The molecule has 4 amide bonds. The molecule has 0 aliphatic carbocycles. The molecule has 2 unspecified atom stereocenters. The molecule has 0 spiro atoms. The number of fused-ring (bicyclic) bond motifs is 1. The van der Waals surface area contributed by atoms with Crippen molar-refractivity contribution in [2.75, 3.05) is 27.3 Å². The minimum atomic E-state index is -0.917. The van der Waals surface area contributed by atoms with E-state index in [1.54, 1.807) is 45.9 Å². The summed E-state index contributed by atoms with van der Waals surface area (Å²) in [4.78, 5) is 73.6. The second kappa shape index (κ2) is 16.9. The van der Waals surface area contributed by atoms with E-state index in [0.717, 1.165) is 50.9 Å². The van der Waals surface area contributed by atoms with Gasteiger partial charge in [-0.15, -0.1) is 22.7 Å². The first-order chi connectivity index (χ1) is 28.6. The Hall–Kier alpha value is -6.26. The lowest BCUT2D eigenvalue weighted by Crippen LogP contribution is -2.51. The summed E-state index contributed by atoms with van der Waals surface area (Å²) in [7, 11) is 2.56. The number of nitrogens with zero attached hydrogens (tertiary/aromatic N) is 4. The van der Waals surface area contributed by atoms with Gasteiger partial charge in [0.25, 0.3) is 5.91 Å². The maximum absolute atomic E-state index is 13.9. The lowest BCUT2D eigenvalue weighted by molar-refractivity contribution is -0.135. The molecule has 4 N–H and O–H groups in total. The van der Waals surface area contributed by atoms with Crippen molar-refractivity contribution in [1.82, 2.24) is 40.4 Å². The summed E-state index contributed by atoms with van der Waals surface area (Å²) in [5, 5.41) is 5.39. The van der Waals surface area contributed by atoms with Crippen LogP contribution in [0.2, 0.25) is 0 Å². The summed E-state index contributed by atoms with van der Waals surface area (Å²) in [5.74, 6) is 0.851. The summed E-state index contributed by atoms with van der Waals surface area (Å²) in [5.41, 5.74) is 4.44. The Morgan fingerprint density at radius 1 is 0.780 bits per heavy atom. The molecule has 304 valence electrons. The number of benzene rings is 2. The Labute approximate surface area is 348 Å². The van der Waals surface area contributed by atoms with Crippen molar-refractivity contribution >= 4 is 56.1 Å². The van der Waals surface area contributed by atoms with Crippen LogP contribution in [0.5, 0.6) is 0 Å². The molecule has 16 heteroatoms. The number of thiophene rings is 2. The monoisotopic (exact) mass is 832 g/mol. The van der Waals surface area contributed by atoms with Crippen LogP contribution in [0.15, 0.2) is 91.3 Å². The molecule has 8 rings (SSSR count). The molecule has 6 aromatic rings. The van der Waals surface area contributed by atoms with Crippen molar-refractivity contribution in [2.24, 2.45) is 5.92 Å². The highest BCUT2D eigenvalue weighted by Crippen LogP contribution is 2.42. The number of hydrogen-bond donors (Lipinski definition) is 4. The fraction of sp³-hybridized carbons (Fsp3) is 0.302. The smallest absolute Gasteiger partial charge is 0.407 e. The minimum Gasteiger partial charge on any atom is -0.453 e. The average Bonchev–Trinajstić information content (AvgIpc) is 4.10. The molecule has 0 saturated carbocycles. The molecule has 6 heterocycles. The summed E-state index contributed by atoms with van der Waals surface area (Å²) >= 11 is 3.42. The van der Waals surface area contributed by atoms with Crippen LogP contribution in [0.1, 0.15) is 62.0 Å². The first kappa shape index (κ1) is 39.6. The number of methoxy groups -OCH3 is 2. The van der Waals surface area contributed by atoms with E-state index in [-0.39, 0.29) is 23.8 Å². The predicted octanol–water partition coefficient (Wildman–Crippen LogP) is 7.99. The largest absolute Gasteiger partial charge is 0.453 e. The van der Waals surface area contributed by atoms with Gasteiger partial charge in [0.15, 0.2) is 0 Å². The van der Waals surface area contributed by atoms with E-state index in [2.05, 4.69) is 62.0 Å². The standard InChI is InChI=1S/C43H44N8O6S2/c1-24(2)36(48-42(54)56-3)40(52)50-18-8-13-31(50)39-45-23-29(47-39)33-21-35-34(59-33)20-32(58-35)26-16-14-25(15-17-26)28-22-44-38(46-28)30-12-9-19-51(30)41(53)37(49-43(55)57-4)27-10-6-5-7-11-27/h5-7,9-12,14-17,20-24,30-31,36-37H,8,13,18-19H2,1-4H3,(H,44,46)(H,45,47)(H,48,54)(H,49,55)/t30-,31?,36-,37?/m0/s1. The van der Waals surface area contributed by atoms with E-state index < -0.39 is 30.3 Å². The zero-order valence-electron chi connectivity index (χ0n) is 32.9. The van der Waals surface area contributed by atoms with Crippen molar-refractivity contribution in [1.29, 1.82) is 0 Å². The lowest BCUT2D eigenvalue weighted by Gasteiger charge is -2.30. The van der Waals surface area contributed by atoms with Crippen molar-refractivity contribution in [3.8, 4) is 32.3 Å². The van der Waals surface area contributed by atoms with Gasteiger partial charge in [0.1, 0.15) is 29.8 Å². The normalized spacial score (nSPS) is 17.4. The van der Waals surface area contributed by atoms with Gasteiger partial charge in [0, 0.05) is 27.4 Å². The molecule has 0 radical (unpaired) electrons. The molecule has 2 aliphatic rings. The summed E-state index contributed by atoms with van der Waals surface area (Å²) < 4.78 is 11.9. The number of nitrogens with one attached hydrogen (secondary N) is 4. The van der Waals surface area contributed by atoms with Gasteiger partial charge in [-0.2, -0.15) is 0 Å². The Balaban J connectivity index is 0.937. The van der Waals surface area contributed by atoms with Crippen molar-refractivity contribution in [2.45, 2.75) is 50.9 Å². The quantitative estimate of drug-likeness (QED) is 0.0951. The second-order valence-corrected chi connectivity index (χ2v) is 16.9. The number of amides is 4. The first-order valence-electron chi connectivity index (χ1n) is 19.4. The van der Waals surface area contributed by atoms with E-state index in [4.69, 9.17) is 14.5 Å². The molecule has 2 aliphatic heterocycles. The number of aromatic amines is 2. The highest BCUT2D eigenvalue weighted by molar-refractivity contribution is 7.31.